The minimum atomic E-state index is -1.15. The van der Waals surface area contributed by atoms with E-state index in [-0.39, 0.29) is 0 Å². The molecule has 0 aliphatic heterocycles. The molecule has 2 rings (SSSR count). The van der Waals surface area contributed by atoms with Crippen LogP contribution in [0.2, 0.25) is 0 Å². The molecule has 0 heterocycles. The molecule has 0 saturated heterocycles. The van der Waals surface area contributed by atoms with Crippen molar-refractivity contribution in [2.75, 3.05) is 0 Å². The van der Waals surface area contributed by atoms with E-state index >= 15 is 0 Å². The summed E-state index contributed by atoms with van der Waals surface area (Å²) in [5.74, 6) is -0.952. The van der Waals surface area contributed by atoms with Gasteiger partial charge in [-0.3, -0.25) is 9.59 Å². The van der Waals surface area contributed by atoms with Crippen LogP contribution in [-0.4, -0.2) is 33.2 Å². The van der Waals surface area contributed by atoms with Gasteiger partial charge in [-0.1, -0.05) is 76.2 Å². The lowest BCUT2D eigenvalue weighted by atomic mass is 9.82. The van der Waals surface area contributed by atoms with Crippen molar-refractivity contribution >= 4 is 11.8 Å². The number of rotatable bonds is 12. The predicted molar refractivity (Wildman–Crippen MR) is 140 cm³/mol. The first-order valence-electron chi connectivity index (χ1n) is 12.7. The maximum atomic E-state index is 13.1. The Balaban J connectivity index is 2.27. The molecule has 0 saturated carbocycles. The van der Waals surface area contributed by atoms with Crippen molar-refractivity contribution in [1.82, 2.24) is 10.6 Å². The number of hydrogen-bond donors (Lipinski definition) is 4. The summed E-state index contributed by atoms with van der Waals surface area (Å²) in [6.45, 7) is 11.4. The standard InChI is InChI=1S/C29H42N2O4/c1-7-28(34,8-2)26(22-17-13-11-15-20(22)5)30-24(32)19-25(33)31-27(29(35,9-3)10-4)23-18-14-12-16-21(23)6/h11-18,26-27,34-35H,7-10,19H2,1-6H3,(H,30,32)(H,31,33)/t26-,27-/m1/s1. The number of hydrogen-bond acceptors (Lipinski definition) is 4. The quantitative estimate of drug-likeness (QED) is 0.326. The zero-order chi connectivity index (χ0) is 26.2. The Morgan fingerprint density at radius 1 is 0.686 bits per heavy atom. The number of aryl methyl sites for hydroxylation is 2. The van der Waals surface area contributed by atoms with E-state index in [9.17, 15) is 19.8 Å². The number of nitrogens with one attached hydrogen (secondary N) is 2. The van der Waals surface area contributed by atoms with Gasteiger partial charge in [-0.2, -0.15) is 0 Å². The zero-order valence-corrected chi connectivity index (χ0v) is 22.0. The number of benzene rings is 2. The van der Waals surface area contributed by atoms with Crippen LogP contribution in [0.3, 0.4) is 0 Å². The lowest BCUT2D eigenvalue weighted by Crippen LogP contribution is -2.48. The molecule has 0 spiro atoms. The van der Waals surface area contributed by atoms with Gasteiger partial charge in [0.15, 0.2) is 0 Å². The molecular weight excluding hydrogens is 440 g/mol. The molecular formula is C29H42N2O4. The molecule has 0 radical (unpaired) electrons. The Morgan fingerprint density at radius 2 is 1.00 bits per heavy atom. The minimum absolute atomic E-state index is 0.405. The van der Waals surface area contributed by atoms with Crippen molar-refractivity contribution in [3.05, 3.63) is 70.8 Å². The summed E-state index contributed by atoms with van der Waals surface area (Å²) >= 11 is 0. The van der Waals surface area contributed by atoms with Crippen molar-refractivity contribution in [3.8, 4) is 0 Å². The second kappa shape index (κ2) is 12.3. The molecule has 2 atom stereocenters. The van der Waals surface area contributed by atoms with Gasteiger partial charge in [-0.15, -0.1) is 0 Å². The first-order chi connectivity index (χ1) is 16.5. The van der Waals surface area contributed by atoms with E-state index in [0.717, 1.165) is 22.3 Å². The van der Waals surface area contributed by atoms with E-state index in [1.165, 1.54) is 0 Å². The molecule has 0 bridgehead atoms. The third-order valence-electron chi connectivity index (χ3n) is 7.45. The van der Waals surface area contributed by atoms with Crippen LogP contribution in [0, 0.1) is 13.8 Å². The Labute approximate surface area is 210 Å². The maximum absolute atomic E-state index is 13.1. The Kier molecular flexibility index (Phi) is 10.0. The molecule has 0 unspecified atom stereocenters. The van der Waals surface area contributed by atoms with Crippen LogP contribution in [0.5, 0.6) is 0 Å². The highest BCUT2D eigenvalue weighted by Gasteiger charge is 2.38. The molecule has 6 heteroatoms. The van der Waals surface area contributed by atoms with Crippen LogP contribution in [0.1, 0.15) is 94.1 Å². The van der Waals surface area contributed by atoms with Gasteiger partial charge >= 0.3 is 0 Å². The van der Waals surface area contributed by atoms with Crippen LogP contribution in [0.15, 0.2) is 48.5 Å². The number of carbonyl (C=O) groups excluding carboxylic acids is 2. The van der Waals surface area contributed by atoms with Crippen molar-refractivity contribution in [3.63, 3.8) is 0 Å². The molecule has 0 aliphatic rings. The van der Waals surface area contributed by atoms with Gasteiger partial charge in [0.2, 0.25) is 11.8 Å². The second-order valence-corrected chi connectivity index (χ2v) is 9.51. The van der Waals surface area contributed by atoms with Gasteiger partial charge < -0.3 is 20.8 Å². The summed E-state index contributed by atoms with van der Waals surface area (Å²) in [5.41, 5.74) is 1.28. The summed E-state index contributed by atoms with van der Waals surface area (Å²) in [6, 6.07) is 14.0. The van der Waals surface area contributed by atoms with Crippen molar-refractivity contribution < 1.29 is 19.8 Å². The molecule has 2 aromatic rings. The van der Waals surface area contributed by atoms with Gasteiger partial charge in [0, 0.05) is 0 Å². The second-order valence-electron chi connectivity index (χ2n) is 9.51. The molecule has 35 heavy (non-hydrogen) atoms. The van der Waals surface area contributed by atoms with E-state index < -0.39 is 41.5 Å². The van der Waals surface area contributed by atoms with E-state index in [0.29, 0.717) is 25.7 Å². The fourth-order valence-electron chi connectivity index (χ4n) is 4.71. The number of carbonyl (C=O) groups is 2. The summed E-state index contributed by atoms with van der Waals surface area (Å²) < 4.78 is 0. The average Bonchev–Trinajstić information content (AvgIpc) is 2.86. The maximum Gasteiger partial charge on any atom is 0.230 e. The van der Waals surface area contributed by atoms with Crippen LogP contribution in [0.25, 0.3) is 0 Å². The normalized spacial score (nSPS) is 13.7. The summed E-state index contributed by atoms with van der Waals surface area (Å²) in [6.07, 6.45) is 1.39. The highest BCUT2D eigenvalue weighted by molar-refractivity contribution is 5.97. The average molecular weight is 483 g/mol. The highest BCUT2D eigenvalue weighted by Crippen LogP contribution is 2.35. The predicted octanol–water partition coefficient (Wildman–Crippen LogP) is 4.81. The van der Waals surface area contributed by atoms with Crippen LogP contribution in [-0.2, 0) is 9.59 Å². The molecule has 2 amide bonds. The topological polar surface area (TPSA) is 98.7 Å². The van der Waals surface area contributed by atoms with Crippen molar-refractivity contribution in [2.24, 2.45) is 0 Å². The van der Waals surface area contributed by atoms with Gasteiger partial charge in [0.05, 0.1) is 23.3 Å². The van der Waals surface area contributed by atoms with E-state index in [4.69, 9.17) is 0 Å². The van der Waals surface area contributed by atoms with Crippen LogP contribution >= 0.6 is 0 Å². The van der Waals surface area contributed by atoms with Gasteiger partial charge in [-0.25, -0.2) is 0 Å². The summed E-state index contributed by atoms with van der Waals surface area (Å²) in [5, 5.41) is 28.4. The molecule has 4 N–H and O–H groups in total. The summed E-state index contributed by atoms with van der Waals surface area (Å²) in [4.78, 5) is 26.1. The zero-order valence-electron chi connectivity index (χ0n) is 22.0. The molecule has 6 nitrogen and oxygen atoms in total. The number of aliphatic hydroxyl groups is 2. The fourth-order valence-corrected chi connectivity index (χ4v) is 4.71. The molecule has 0 aliphatic carbocycles. The Morgan fingerprint density at radius 3 is 1.29 bits per heavy atom. The summed E-state index contributed by atoms with van der Waals surface area (Å²) in [7, 11) is 0. The Hall–Kier alpha value is -2.70. The van der Waals surface area contributed by atoms with Crippen molar-refractivity contribution in [2.45, 2.75) is 96.9 Å². The van der Waals surface area contributed by atoms with Gasteiger partial charge in [0.1, 0.15) is 6.42 Å². The van der Waals surface area contributed by atoms with Crippen LogP contribution in [0.4, 0.5) is 0 Å². The Bertz CT molecular complexity index is 916. The highest BCUT2D eigenvalue weighted by atomic mass is 16.3. The van der Waals surface area contributed by atoms with Gasteiger partial charge in [-0.05, 0) is 61.8 Å². The van der Waals surface area contributed by atoms with E-state index in [1.807, 2.05) is 90.1 Å². The lowest BCUT2D eigenvalue weighted by Gasteiger charge is -2.37. The van der Waals surface area contributed by atoms with Gasteiger partial charge in [0.25, 0.3) is 0 Å². The number of amides is 2. The fraction of sp³-hybridized carbons (Fsp3) is 0.517. The van der Waals surface area contributed by atoms with E-state index in [1.54, 1.807) is 0 Å². The SMILES string of the molecule is CCC(O)(CC)[C@H](NC(=O)CC(=O)N[C@H](c1ccccc1C)C(O)(CC)CC)c1ccccc1C. The molecule has 192 valence electrons. The first-order valence-corrected chi connectivity index (χ1v) is 12.7. The third kappa shape index (κ3) is 6.71. The van der Waals surface area contributed by atoms with E-state index in [2.05, 4.69) is 10.6 Å². The van der Waals surface area contributed by atoms with Crippen molar-refractivity contribution in [1.29, 1.82) is 0 Å². The smallest absolute Gasteiger partial charge is 0.230 e. The monoisotopic (exact) mass is 482 g/mol. The molecule has 0 fully saturated rings. The largest absolute Gasteiger partial charge is 0.387 e. The molecule has 2 aromatic carbocycles. The van der Waals surface area contributed by atoms with Crippen LogP contribution < -0.4 is 10.6 Å². The molecule has 0 aromatic heterocycles. The first kappa shape index (κ1) is 28.5. The third-order valence-corrected chi connectivity index (χ3v) is 7.45. The minimum Gasteiger partial charge on any atom is -0.387 e. The lowest BCUT2D eigenvalue weighted by molar-refractivity contribution is -0.133.